The van der Waals surface area contributed by atoms with Gasteiger partial charge in [0.1, 0.15) is 16.5 Å². The Morgan fingerprint density at radius 3 is 2.41 bits per heavy atom. The van der Waals surface area contributed by atoms with E-state index in [-0.39, 0.29) is 4.90 Å². The molecule has 1 aromatic heterocycles. The summed E-state index contributed by atoms with van der Waals surface area (Å²) < 4.78 is 35.5. The lowest BCUT2D eigenvalue weighted by Crippen LogP contribution is -2.33. The molecule has 3 N–H and O–H groups in total. The molecule has 8 nitrogen and oxygen atoms in total. The minimum Gasteiger partial charge on any atom is -0.496 e. The Bertz CT molecular complexity index is 943. The second-order valence-electron chi connectivity index (χ2n) is 6.71. The van der Waals surface area contributed by atoms with Crippen LogP contribution in [0.4, 0.5) is 5.82 Å². The van der Waals surface area contributed by atoms with Crippen molar-refractivity contribution in [2.24, 2.45) is 11.7 Å². The van der Waals surface area contributed by atoms with Crippen LogP contribution >= 0.6 is 11.6 Å². The zero-order valence-electron chi connectivity index (χ0n) is 16.2. The van der Waals surface area contributed by atoms with Gasteiger partial charge in [-0.2, -0.15) is 8.42 Å². The van der Waals surface area contributed by atoms with Gasteiger partial charge in [-0.3, -0.25) is 9.35 Å². The van der Waals surface area contributed by atoms with Crippen LogP contribution < -0.4 is 15.4 Å². The first-order valence-electron chi connectivity index (χ1n) is 8.93. The van der Waals surface area contributed by atoms with Crippen LogP contribution in [-0.4, -0.2) is 44.1 Å². The maximum Gasteiger partial charge on any atom is 0.296 e. The number of anilines is 1. The van der Waals surface area contributed by atoms with E-state index < -0.39 is 16.0 Å². The molecule has 0 saturated carbocycles. The van der Waals surface area contributed by atoms with E-state index >= 15 is 0 Å². The second-order valence-corrected chi connectivity index (χ2v) is 8.56. The van der Waals surface area contributed by atoms with Crippen molar-refractivity contribution < 1.29 is 22.5 Å². The number of hydrogen-bond acceptors (Lipinski definition) is 6. The van der Waals surface area contributed by atoms with Crippen LogP contribution in [0.15, 0.2) is 41.4 Å². The van der Waals surface area contributed by atoms with Crippen LogP contribution in [0.2, 0.25) is 5.02 Å². The molecule has 1 aliphatic heterocycles. The Morgan fingerprint density at radius 1 is 1.28 bits per heavy atom. The molecule has 0 radical (unpaired) electrons. The lowest BCUT2D eigenvalue weighted by Gasteiger charge is -2.31. The fourth-order valence-electron chi connectivity index (χ4n) is 2.82. The fraction of sp³-hybridized carbons (Fsp3) is 0.368. The monoisotopic (exact) mass is 441 g/mol. The van der Waals surface area contributed by atoms with Gasteiger partial charge < -0.3 is 15.4 Å². The highest BCUT2D eigenvalue weighted by Gasteiger charge is 2.17. The number of methoxy groups -OCH3 is 1. The summed E-state index contributed by atoms with van der Waals surface area (Å²) in [4.78, 5) is 16.8. The summed E-state index contributed by atoms with van der Waals surface area (Å²) in [5, 5.41) is 0.511. The average Bonchev–Trinajstić information content (AvgIpc) is 2.68. The number of amides is 1. The third kappa shape index (κ3) is 6.59. The predicted molar refractivity (Wildman–Crippen MR) is 111 cm³/mol. The molecule has 158 valence electrons. The van der Waals surface area contributed by atoms with E-state index in [1.807, 2.05) is 0 Å². The van der Waals surface area contributed by atoms with E-state index in [1.54, 1.807) is 18.2 Å². The van der Waals surface area contributed by atoms with Crippen molar-refractivity contribution in [3.63, 3.8) is 0 Å². The molecule has 3 rings (SSSR count). The fourth-order valence-corrected chi connectivity index (χ4v) is 3.41. The molecule has 0 unspecified atom stereocenters. The Balaban J connectivity index is 0.000000221. The van der Waals surface area contributed by atoms with E-state index in [1.165, 1.54) is 25.4 Å². The van der Waals surface area contributed by atoms with E-state index in [4.69, 9.17) is 26.6 Å². The largest absolute Gasteiger partial charge is 0.496 e. The summed E-state index contributed by atoms with van der Waals surface area (Å²) in [5.41, 5.74) is 5.41. The molecule has 1 saturated heterocycles. The number of carbonyl (C=O) groups excluding carboxylic acids is 1. The molecule has 0 atom stereocenters. The molecule has 29 heavy (non-hydrogen) atoms. The van der Waals surface area contributed by atoms with Gasteiger partial charge in [-0.15, -0.1) is 0 Å². The molecular formula is C19H24ClN3O5S. The van der Waals surface area contributed by atoms with Crippen molar-refractivity contribution in [2.75, 3.05) is 25.1 Å². The van der Waals surface area contributed by atoms with Crippen LogP contribution in [0, 0.1) is 5.92 Å². The third-order valence-corrected chi connectivity index (χ3v) is 5.63. The lowest BCUT2D eigenvalue weighted by molar-refractivity contribution is 0.0997. The summed E-state index contributed by atoms with van der Waals surface area (Å²) in [6.45, 7) is 4.12. The maximum absolute atomic E-state index is 10.9. The molecule has 1 aromatic carbocycles. The van der Waals surface area contributed by atoms with Crippen LogP contribution in [0.3, 0.4) is 0 Å². The SMILES string of the molecule is CC1CCN(c2ccc(S(=O)(=O)O)cn2)CC1.COc1cc(Cl)ccc1C(N)=O. The molecule has 2 aromatic rings. The summed E-state index contributed by atoms with van der Waals surface area (Å²) in [6, 6.07) is 7.68. The number of pyridine rings is 1. The summed E-state index contributed by atoms with van der Waals surface area (Å²) in [6.07, 6.45) is 3.45. The minimum absolute atomic E-state index is 0.161. The molecule has 0 spiro atoms. The van der Waals surface area contributed by atoms with Crippen LogP contribution in [0.1, 0.15) is 30.1 Å². The standard InChI is InChI=1S/C11H16N2O3S.C8H8ClNO2/c1-9-4-6-13(7-5-9)11-3-2-10(8-12-11)17(14,15)16;1-12-7-4-5(9)2-3-6(7)8(10)11/h2-3,8-9H,4-7H2,1H3,(H,14,15,16);2-4H,1H3,(H2,10,11). The molecular weight excluding hydrogens is 418 g/mol. The zero-order valence-corrected chi connectivity index (χ0v) is 17.8. The number of primary amides is 1. The Morgan fingerprint density at radius 2 is 1.93 bits per heavy atom. The number of aromatic nitrogens is 1. The van der Waals surface area contributed by atoms with Gasteiger partial charge in [-0.1, -0.05) is 18.5 Å². The van der Waals surface area contributed by atoms with Gasteiger partial charge in [0.2, 0.25) is 0 Å². The highest BCUT2D eigenvalue weighted by atomic mass is 35.5. The molecule has 0 bridgehead atoms. The highest BCUT2D eigenvalue weighted by Crippen LogP contribution is 2.23. The molecule has 1 aliphatic rings. The van der Waals surface area contributed by atoms with Gasteiger partial charge in [0.05, 0.1) is 18.9 Å². The van der Waals surface area contributed by atoms with Crippen LogP contribution in [-0.2, 0) is 10.1 Å². The predicted octanol–water partition coefficient (Wildman–Crippen LogP) is 3.01. The summed E-state index contributed by atoms with van der Waals surface area (Å²) in [5.74, 6) is 1.38. The zero-order chi connectivity index (χ0) is 21.6. The van der Waals surface area contributed by atoms with Crippen molar-refractivity contribution in [3.05, 3.63) is 47.1 Å². The number of carbonyl (C=O) groups is 1. The first kappa shape index (κ1) is 22.9. The van der Waals surface area contributed by atoms with E-state index in [9.17, 15) is 13.2 Å². The quantitative estimate of drug-likeness (QED) is 0.699. The van der Waals surface area contributed by atoms with Crippen molar-refractivity contribution in [3.8, 4) is 5.75 Å². The van der Waals surface area contributed by atoms with Crippen molar-refractivity contribution in [1.29, 1.82) is 0 Å². The van der Waals surface area contributed by atoms with E-state index in [0.717, 1.165) is 37.7 Å². The number of halogens is 1. The number of ether oxygens (including phenoxy) is 1. The smallest absolute Gasteiger partial charge is 0.296 e. The first-order valence-corrected chi connectivity index (χ1v) is 10.8. The number of benzene rings is 1. The first-order chi connectivity index (χ1) is 13.6. The number of nitrogens with two attached hydrogens (primary N) is 1. The van der Waals surface area contributed by atoms with E-state index in [0.29, 0.717) is 16.3 Å². The Kier molecular flexibility index (Phi) is 7.83. The number of piperidine rings is 1. The maximum atomic E-state index is 10.9. The third-order valence-electron chi connectivity index (χ3n) is 4.56. The summed E-state index contributed by atoms with van der Waals surface area (Å²) in [7, 11) is -2.68. The van der Waals surface area contributed by atoms with Crippen LogP contribution in [0.25, 0.3) is 0 Å². The van der Waals surface area contributed by atoms with Gasteiger partial charge in [-0.05, 0) is 49.1 Å². The highest BCUT2D eigenvalue weighted by molar-refractivity contribution is 7.85. The number of nitrogens with zero attached hydrogens (tertiary/aromatic N) is 2. The van der Waals surface area contributed by atoms with E-state index in [2.05, 4.69) is 16.8 Å². The average molecular weight is 442 g/mol. The summed E-state index contributed by atoms with van der Waals surface area (Å²) >= 11 is 5.67. The number of rotatable bonds is 4. The van der Waals surface area contributed by atoms with Gasteiger partial charge in [0.25, 0.3) is 16.0 Å². The molecule has 1 amide bonds. The molecule has 10 heteroatoms. The van der Waals surface area contributed by atoms with Gasteiger partial charge in [-0.25, -0.2) is 4.98 Å². The second kappa shape index (κ2) is 9.91. The molecule has 0 aliphatic carbocycles. The van der Waals surface area contributed by atoms with Gasteiger partial charge >= 0.3 is 0 Å². The Labute approximate surface area is 175 Å². The van der Waals surface area contributed by atoms with Crippen molar-refractivity contribution in [1.82, 2.24) is 4.98 Å². The van der Waals surface area contributed by atoms with Gasteiger partial charge in [0.15, 0.2) is 0 Å². The topological polar surface area (TPSA) is 123 Å². The van der Waals surface area contributed by atoms with Crippen molar-refractivity contribution in [2.45, 2.75) is 24.7 Å². The van der Waals surface area contributed by atoms with Crippen LogP contribution in [0.5, 0.6) is 5.75 Å². The van der Waals surface area contributed by atoms with Gasteiger partial charge in [0, 0.05) is 18.1 Å². The molecule has 1 fully saturated rings. The molecule has 2 heterocycles. The van der Waals surface area contributed by atoms with Crippen molar-refractivity contribution >= 4 is 33.4 Å². The minimum atomic E-state index is -4.14. The number of hydrogen-bond donors (Lipinski definition) is 2. The normalized spacial score (nSPS) is 14.7. The Hall–Kier alpha value is -2.36. The lowest BCUT2D eigenvalue weighted by atomic mass is 9.99.